The van der Waals surface area contributed by atoms with Crippen LogP contribution in [0.1, 0.15) is 5.56 Å². The summed E-state index contributed by atoms with van der Waals surface area (Å²) in [6.07, 6.45) is 5.41. The first-order valence-electron chi connectivity index (χ1n) is 6.39. The summed E-state index contributed by atoms with van der Waals surface area (Å²) in [5.74, 6) is 0.250. The minimum Gasteiger partial charge on any atom is -0.352 e. The van der Waals surface area contributed by atoms with Crippen LogP contribution >= 0.6 is 12.4 Å². The Morgan fingerprint density at radius 2 is 2.20 bits per heavy atom. The zero-order valence-electron chi connectivity index (χ0n) is 11.0. The lowest BCUT2D eigenvalue weighted by molar-refractivity contribution is -0.126. The van der Waals surface area contributed by atoms with Crippen molar-refractivity contribution < 1.29 is 4.79 Å². The smallest absolute Gasteiger partial charge is 0.225 e. The highest BCUT2D eigenvalue weighted by atomic mass is 35.5. The van der Waals surface area contributed by atoms with Crippen molar-refractivity contribution in [2.45, 2.75) is 6.54 Å². The molecule has 1 aliphatic heterocycles. The van der Waals surface area contributed by atoms with E-state index in [1.54, 1.807) is 12.5 Å². The summed E-state index contributed by atoms with van der Waals surface area (Å²) in [5.41, 5.74) is 2.13. The van der Waals surface area contributed by atoms with Gasteiger partial charge in [0.2, 0.25) is 5.91 Å². The van der Waals surface area contributed by atoms with Gasteiger partial charge in [-0.1, -0.05) is 18.2 Å². The number of carbonyl (C=O) groups is 1. The average molecular weight is 293 g/mol. The number of nitrogens with zero attached hydrogens (tertiary/aromatic N) is 2. The molecule has 2 aromatic rings. The fourth-order valence-electron chi connectivity index (χ4n) is 2.11. The maximum absolute atomic E-state index is 11.8. The number of carbonyl (C=O) groups excluding carboxylic acids is 1. The second-order valence-corrected chi connectivity index (χ2v) is 4.67. The van der Waals surface area contributed by atoms with Gasteiger partial charge in [-0.3, -0.25) is 4.79 Å². The number of imidazole rings is 1. The molecule has 1 aromatic carbocycles. The van der Waals surface area contributed by atoms with Crippen molar-refractivity contribution in [1.82, 2.24) is 20.2 Å². The van der Waals surface area contributed by atoms with E-state index in [1.165, 1.54) is 0 Å². The van der Waals surface area contributed by atoms with Gasteiger partial charge in [0.15, 0.2) is 0 Å². The van der Waals surface area contributed by atoms with E-state index in [4.69, 9.17) is 0 Å². The molecule has 2 heterocycles. The highest BCUT2D eigenvalue weighted by Gasteiger charge is 2.24. The van der Waals surface area contributed by atoms with Crippen molar-refractivity contribution in [1.29, 1.82) is 0 Å². The van der Waals surface area contributed by atoms with Gasteiger partial charge in [0.25, 0.3) is 0 Å². The minimum atomic E-state index is 0. The molecule has 1 aliphatic rings. The van der Waals surface area contributed by atoms with Crippen molar-refractivity contribution >= 4 is 18.3 Å². The molecule has 1 aromatic heterocycles. The Balaban J connectivity index is 0.00000147. The Kier molecular flexibility index (Phi) is 4.76. The van der Waals surface area contributed by atoms with Crippen LogP contribution in [-0.4, -0.2) is 28.5 Å². The summed E-state index contributed by atoms with van der Waals surface area (Å²) in [6, 6.07) is 8.01. The number of aromatic nitrogens is 2. The second-order valence-electron chi connectivity index (χ2n) is 4.67. The number of amides is 1. The minimum absolute atomic E-state index is 0. The molecule has 1 saturated heterocycles. The Bertz CT molecular complexity index is 566. The van der Waals surface area contributed by atoms with E-state index >= 15 is 0 Å². The van der Waals surface area contributed by atoms with Crippen LogP contribution in [0.25, 0.3) is 5.69 Å². The molecule has 2 N–H and O–H groups in total. The predicted octanol–water partition coefficient (Wildman–Crippen LogP) is 1.13. The molecule has 0 bridgehead atoms. The molecular formula is C14H17ClN4O. The molecule has 106 valence electrons. The van der Waals surface area contributed by atoms with Crippen molar-refractivity contribution in [2.75, 3.05) is 13.1 Å². The summed E-state index contributed by atoms with van der Waals surface area (Å²) in [7, 11) is 0. The molecule has 0 saturated carbocycles. The first kappa shape index (κ1) is 14.6. The van der Waals surface area contributed by atoms with Crippen LogP contribution in [0.3, 0.4) is 0 Å². The molecule has 3 rings (SSSR count). The van der Waals surface area contributed by atoms with Gasteiger partial charge in [-0.25, -0.2) is 4.98 Å². The van der Waals surface area contributed by atoms with E-state index in [2.05, 4.69) is 15.6 Å². The molecule has 0 unspecified atom stereocenters. The molecule has 20 heavy (non-hydrogen) atoms. The molecule has 0 aliphatic carbocycles. The Labute approximate surface area is 123 Å². The number of rotatable bonds is 4. The summed E-state index contributed by atoms with van der Waals surface area (Å²) >= 11 is 0. The third-order valence-electron chi connectivity index (χ3n) is 3.38. The van der Waals surface area contributed by atoms with Gasteiger partial charge in [0.1, 0.15) is 0 Å². The van der Waals surface area contributed by atoms with E-state index in [0.29, 0.717) is 6.54 Å². The zero-order chi connectivity index (χ0) is 13.1. The number of benzene rings is 1. The predicted molar refractivity (Wildman–Crippen MR) is 79.0 cm³/mol. The first-order chi connectivity index (χ1) is 9.34. The highest BCUT2D eigenvalue weighted by Crippen LogP contribution is 2.14. The Hall–Kier alpha value is -1.85. The van der Waals surface area contributed by atoms with Crippen molar-refractivity contribution in [3.8, 4) is 5.69 Å². The zero-order valence-corrected chi connectivity index (χ0v) is 11.8. The van der Waals surface area contributed by atoms with E-state index in [9.17, 15) is 4.79 Å². The SMILES string of the molecule is Cl.O=C(NCc1ccccc1-n1ccnc1)C1CNC1. The number of para-hydroxylation sites is 1. The first-order valence-corrected chi connectivity index (χ1v) is 6.39. The lowest BCUT2D eigenvalue weighted by Crippen LogP contribution is -2.50. The number of hydrogen-bond acceptors (Lipinski definition) is 3. The van der Waals surface area contributed by atoms with E-state index in [-0.39, 0.29) is 24.2 Å². The third-order valence-corrected chi connectivity index (χ3v) is 3.38. The monoisotopic (exact) mass is 292 g/mol. The van der Waals surface area contributed by atoms with Gasteiger partial charge in [-0.15, -0.1) is 12.4 Å². The molecule has 1 fully saturated rings. The molecule has 1 amide bonds. The van der Waals surface area contributed by atoms with Crippen LogP contribution < -0.4 is 10.6 Å². The van der Waals surface area contributed by atoms with Crippen LogP contribution in [0.2, 0.25) is 0 Å². The standard InChI is InChI=1S/C14H16N4O.ClH/c19-14(12-7-16-8-12)17-9-11-3-1-2-4-13(11)18-6-5-15-10-18;/h1-6,10,12,16H,7-9H2,(H,17,19);1H. The molecule has 5 nitrogen and oxygen atoms in total. The molecular weight excluding hydrogens is 276 g/mol. The third kappa shape index (κ3) is 3.00. The normalized spacial score (nSPS) is 14.2. The fraction of sp³-hybridized carbons (Fsp3) is 0.286. The van der Waals surface area contributed by atoms with E-state index in [0.717, 1.165) is 24.3 Å². The topological polar surface area (TPSA) is 59.0 Å². The van der Waals surface area contributed by atoms with E-state index < -0.39 is 0 Å². The fourth-order valence-corrected chi connectivity index (χ4v) is 2.11. The molecule has 0 spiro atoms. The van der Waals surface area contributed by atoms with Crippen molar-refractivity contribution in [2.24, 2.45) is 5.92 Å². The van der Waals surface area contributed by atoms with Gasteiger partial charge in [-0.2, -0.15) is 0 Å². The van der Waals surface area contributed by atoms with Gasteiger partial charge < -0.3 is 15.2 Å². The average Bonchev–Trinajstić information content (AvgIpc) is 2.88. The van der Waals surface area contributed by atoms with Crippen LogP contribution in [0, 0.1) is 5.92 Å². The van der Waals surface area contributed by atoms with Crippen LogP contribution in [-0.2, 0) is 11.3 Å². The van der Waals surface area contributed by atoms with Crippen LogP contribution in [0.4, 0.5) is 0 Å². The Morgan fingerprint density at radius 1 is 1.40 bits per heavy atom. The van der Waals surface area contributed by atoms with Gasteiger partial charge in [0, 0.05) is 32.0 Å². The summed E-state index contributed by atoms with van der Waals surface area (Å²) in [6.45, 7) is 2.12. The number of hydrogen-bond donors (Lipinski definition) is 2. The van der Waals surface area contributed by atoms with Crippen molar-refractivity contribution in [3.05, 3.63) is 48.5 Å². The largest absolute Gasteiger partial charge is 0.352 e. The molecule has 0 atom stereocenters. The number of nitrogens with one attached hydrogen (secondary N) is 2. The highest BCUT2D eigenvalue weighted by molar-refractivity contribution is 5.85. The van der Waals surface area contributed by atoms with Gasteiger partial charge in [0.05, 0.1) is 17.9 Å². The summed E-state index contributed by atoms with van der Waals surface area (Å²) in [5, 5.41) is 6.09. The van der Waals surface area contributed by atoms with Crippen LogP contribution in [0.15, 0.2) is 43.0 Å². The van der Waals surface area contributed by atoms with Crippen molar-refractivity contribution in [3.63, 3.8) is 0 Å². The molecule has 0 radical (unpaired) electrons. The maximum atomic E-state index is 11.8. The van der Waals surface area contributed by atoms with Crippen LogP contribution in [0.5, 0.6) is 0 Å². The summed E-state index contributed by atoms with van der Waals surface area (Å²) < 4.78 is 1.95. The van der Waals surface area contributed by atoms with Gasteiger partial charge in [-0.05, 0) is 11.6 Å². The van der Waals surface area contributed by atoms with E-state index in [1.807, 2.05) is 35.0 Å². The maximum Gasteiger partial charge on any atom is 0.225 e. The number of halogens is 1. The lowest BCUT2D eigenvalue weighted by Gasteiger charge is -2.26. The second kappa shape index (κ2) is 6.54. The molecule has 6 heteroatoms. The quantitative estimate of drug-likeness (QED) is 0.888. The van der Waals surface area contributed by atoms with Gasteiger partial charge >= 0.3 is 0 Å². The lowest BCUT2D eigenvalue weighted by atomic mass is 10.0. The Morgan fingerprint density at radius 3 is 2.85 bits per heavy atom. The summed E-state index contributed by atoms with van der Waals surface area (Å²) in [4.78, 5) is 15.9.